The molecule has 0 amide bonds. The van der Waals surface area contributed by atoms with Crippen molar-refractivity contribution in [3.05, 3.63) is 59.4 Å². The van der Waals surface area contributed by atoms with Gasteiger partial charge in [-0.05, 0) is 50.1 Å². The van der Waals surface area contributed by atoms with E-state index in [0.717, 1.165) is 30.0 Å². The number of benzene rings is 2. The zero-order chi connectivity index (χ0) is 15.2. The predicted molar refractivity (Wildman–Crippen MR) is 85.5 cm³/mol. The summed E-state index contributed by atoms with van der Waals surface area (Å²) in [6.45, 7) is 8.70. The fourth-order valence-corrected chi connectivity index (χ4v) is 2.27. The number of ether oxygens (including phenoxy) is 1. The maximum absolute atomic E-state index is 12.9. The van der Waals surface area contributed by atoms with Gasteiger partial charge >= 0.3 is 0 Å². The highest BCUT2D eigenvalue weighted by Crippen LogP contribution is 2.26. The first-order chi connectivity index (χ1) is 10.1. The van der Waals surface area contributed by atoms with Gasteiger partial charge in [-0.3, -0.25) is 0 Å². The minimum Gasteiger partial charge on any atom is -0.489 e. The van der Waals surface area contributed by atoms with Crippen LogP contribution in [0.3, 0.4) is 0 Å². The zero-order valence-corrected chi connectivity index (χ0v) is 12.9. The van der Waals surface area contributed by atoms with E-state index >= 15 is 0 Å². The fraction of sp³-hybridized carbons (Fsp3) is 0.333. The molecule has 3 heteroatoms. The van der Waals surface area contributed by atoms with E-state index in [1.165, 1.54) is 17.8 Å². The second-order valence-electron chi connectivity index (χ2n) is 5.04. The Morgan fingerprint density at radius 3 is 2.29 bits per heavy atom. The number of anilines is 1. The summed E-state index contributed by atoms with van der Waals surface area (Å²) in [6, 6.07) is 12.7. The Hall–Kier alpha value is -2.03. The van der Waals surface area contributed by atoms with Crippen molar-refractivity contribution in [2.45, 2.75) is 27.4 Å². The smallest absolute Gasteiger partial charge is 0.124 e. The largest absolute Gasteiger partial charge is 0.489 e. The predicted octanol–water partition coefficient (Wildman–Crippen LogP) is 4.56. The van der Waals surface area contributed by atoms with Gasteiger partial charge in [0, 0.05) is 24.8 Å². The summed E-state index contributed by atoms with van der Waals surface area (Å²) in [4.78, 5) is 2.28. The van der Waals surface area contributed by atoms with Gasteiger partial charge in [-0.25, -0.2) is 4.39 Å². The first-order valence-corrected chi connectivity index (χ1v) is 7.37. The van der Waals surface area contributed by atoms with E-state index in [2.05, 4.69) is 36.9 Å². The summed E-state index contributed by atoms with van der Waals surface area (Å²) in [5.74, 6) is 0.655. The molecule has 0 saturated heterocycles. The lowest BCUT2D eigenvalue weighted by molar-refractivity contribution is 0.304. The molecule has 2 rings (SSSR count). The van der Waals surface area contributed by atoms with Crippen molar-refractivity contribution in [2.75, 3.05) is 18.0 Å². The summed E-state index contributed by atoms with van der Waals surface area (Å²) in [7, 11) is 0. The van der Waals surface area contributed by atoms with E-state index in [0.29, 0.717) is 6.61 Å². The third-order valence-electron chi connectivity index (χ3n) is 3.61. The van der Waals surface area contributed by atoms with E-state index < -0.39 is 0 Å². The number of aryl methyl sites for hydroxylation is 1. The summed E-state index contributed by atoms with van der Waals surface area (Å²) in [5.41, 5.74) is 3.23. The van der Waals surface area contributed by atoms with Gasteiger partial charge in [-0.2, -0.15) is 0 Å². The van der Waals surface area contributed by atoms with Gasteiger partial charge in [-0.1, -0.05) is 18.2 Å². The molecule has 0 fully saturated rings. The number of hydrogen-bond donors (Lipinski definition) is 0. The first kappa shape index (κ1) is 15.4. The molecule has 0 N–H and O–H groups in total. The van der Waals surface area contributed by atoms with Crippen molar-refractivity contribution < 1.29 is 9.13 Å². The van der Waals surface area contributed by atoms with Crippen LogP contribution < -0.4 is 9.64 Å². The normalized spacial score (nSPS) is 10.5. The van der Waals surface area contributed by atoms with Gasteiger partial charge in [0.05, 0.1) is 0 Å². The molecule has 2 nitrogen and oxygen atoms in total. The minimum absolute atomic E-state index is 0.224. The molecule has 0 bridgehead atoms. The highest BCUT2D eigenvalue weighted by molar-refractivity contribution is 5.53. The molecular formula is C18H22FNO. The molecular weight excluding hydrogens is 265 g/mol. The van der Waals surface area contributed by atoms with Gasteiger partial charge in [0.2, 0.25) is 0 Å². The molecule has 112 valence electrons. The summed E-state index contributed by atoms with van der Waals surface area (Å²) >= 11 is 0. The molecule has 0 aliphatic heterocycles. The number of nitrogens with zero attached hydrogens (tertiary/aromatic N) is 1. The number of hydrogen-bond acceptors (Lipinski definition) is 2. The fourth-order valence-electron chi connectivity index (χ4n) is 2.27. The van der Waals surface area contributed by atoms with Gasteiger partial charge in [-0.15, -0.1) is 0 Å². The molecule has 0 saturated carbocycles. The SMILES string of the molecule is CCN(CC)c1ccc(C)c(OCc2ccc(F)cc2)c1. The Kier molecular flexibility index (Phi) is 5.20. The summed E-state index contributed by atoms with van der Waals surface area (Å²) in [6.07, 6.45) is 0. The van der Waals surface area contributed by atoms with Crippen LogP contribution in [-0.4, -0.2) is 13.1 Å². The zero-order valence-electron chi connectivity index (χ0n) is 12.9. The molecule has 0 aliphatic rings. The molecule has 0 atom stereocenters. The highest BCUT2D eigenvalue weighted by Gasteiger charge is 2.06. The molecule has 0 unspecified atom stereocenters. The molecule has 2 aromatic rings. The van der Waals surface area contributed by atoms with Crippen LogP contribution >= 0.6 is 0 Å². The second kappa shape index (κ2) is 7.11. The van der Waals surface area contributed by atoms with Crippen molar-refractivity contribution in [3.8, 4) is 5.75 Å². The van der Waals surface area contributed by atoms with E-state index in [1.54, 1.807) is 12.1 Å². The van der Waals surface area contributed by atoms with Gasteiger partial charge in [0.1, 0.15) is 18.2 Å². The lowest BCUT2D eigenvalue weighted by Gasteiger charge is -2.22. The van der Waals surface area contributed by atoms with Gasteiger partial charge in [0.15, 0.2) is 0 Å². The van der Waals surface area contributed by atoms with Crippen molar-refractivity contribution >= 4 is 5.69 Å². The molecule has 0 aromatic heterocycles. The molecule has 0 aliphatic carbocycles. The Balaban J connectivity index is 2.11. The van der Waals surface area contributed by atoms with E-state index in [1.807, 2.05) is 6.92 Å². The second-order valence-corrected chi connectivity index (χ2v) is 5.04. The van der Waals surface area contributed by atoms with Gasteiger partial charge < -0.3 is 9.64 Å². The van der Waals surface area contributed by atoms with Crippen LogP contribution in [0.15, 0.2) is 42.5 Å². The Bertz CT molecular complexity index is 576. The van der Waals surface area contributed by atoms with E-state index in [-0.39, 0.29) is 5.82 Å². The van der Waals surface area contributed by atoms with Crippen LogP contribution in [0.2, 0.25) is 0 Å². The van der Waals surface area contributed by atoms with Crippen molar-refractivity contribution in [2.24, 2.45) is 0 Å². The maximum atomic E-state index is 12.9. The summed E-state index contributed by atoms with van der Waals surface area (Å²) in [5, 5.41) is 0. The Labute approximate surface area is 126 Å². The van der Waals surface area contributed by atoms with Crippen LogP contribution in [0.5, 0.6) is 5.75 Å². The van der Waals surface area contributed by atoms with Crippen LogP contribution in [0.25, 0.3) is 0 Å². The average molecular weight is 287 g/mol. The van der Waals surface area contributed by atoms with Crippen LogP contribution in [0.1, 0.15) is 25.0 Å². The third kappa shape index (κ3) is 3.97. The Morgan fingerprint density at radius 2 is 1.67 bits per heavy atom. The average Bonchev–Trinajstić information content (AvgIpc) is 2.50. The molecule has 0 heterocycles. The van der Waals surface area contributed by atoms with Gasteiger partial charge in [0.25, 0.3) is 0 Å². The van der Waals surface area contributed by atoms with Crippen LogP contribution in [0.4, 0.5) is 10.1 Å². The minimum atomic E-state index is -0.224. The van der Waals surface area contributed by atoms with Crippen LogP contribution in [0, 0.1) is 12.7 Å². The lowest BCUT2D eigenvalue weighted by atomic mass is 10.2. The quantitative estimate of drug-likeness (QED) is 0.772. The molecule has 0 radical (unpaired) electrons. The number of rotatable bonds is 6. The lowest BCUT2D eigenvalue weighted by Crippen LogP contribution is -2.21. The topological polar surface area (TPSA) is 12.5 Å². The van der Waals surface area contributed by atoms with Crippen molar-refractivity contribution in [1.29, 1.82) is 0 Å². The summed E-state index contributed by atoms with van der Waals surface area (Å²) < 4.78 is 18.8. The Morgan fingerprint density at radius 1 is 1.00 bits per heavy atom. The van der Waals surface area contributed by atoms with Crippen molar-refractivity contribution in [1.82, 2.24) is 0 Å². The molecule has 21 heavy (non-hydrogen) atoms. The molecule has 0 spiro atoms. The van der Waals surface area contributed by atoms with E-state index in [9.17, 15) is 4.39 Å². The highest BCUT2D eigenvalue weighted by atomic mass is 19.1. The molecule has 2 aromatic carbocycles. The third-order valence-corrected chi connectivity index (χ3v) is 3.61. The van der Waals surface area contributed by atoms with Crippen LogP contribution in [-0.2, 0) is 6.61 Å². The number of halogens is 1. The first-order valence-electron chi connectivity index (χ1n) is 7.37. The monoisotopic (exact) mass is 287 g/mol. The van der Waals surface area contributed by atoms with Crippen molar-refractivity contribution in [3.63, 3.8) is 0 Å². The van der Waals surface area contributed by atoms with E-state index in [4.69, 9.17) is 4.74 Å². The maximum Gasteiger partial charge on any atom is 0.124 e. The standard InChI is InChI=1S/C18H22FNO/c1-4-20(5-2)17-11-6-14(3)18(12-17)21-13-15-7-9-16(19)10-8-15/h6-12H,4-5,13H2,1-3H3.